The largest absolute Gasteiger partial charge is 0.381 e. The maximum Gasteiger partial charge on any atom is 0.0480 e. The third kappa shape index (κ3) is 2.42. The Morgan fingerprint density at radius 2 is 2.00 bits per heavy atom. The molecule has 1 aromatic carbocycles. The SMILES string of the molecule is Brc1cccc2c1CCC2NC1CCOCC1. The van der Waals surface area contributed by atoms with E-state index in [0.29, 0.717) is 12.1 Å². The van der Waals surface area contributed by atoms with Gasteiger partial charge in [0.15, 0.2) is 0 Å². The van der Waals surface area contributed by atoms with Gasteiger partial charge in [-0.2, -0.15) is 0 Å². The smallest absolute Gasteiger partial charge is 0.0480 e. The molecule has 1 atom stereocenters. The van der Waals surface area contributed by atoms with Crippen LogP contribution in [0.25, 0.3) is 0 Å². The van der Waals surface area contributed by atoms with Crippen LogP contribution in [0, 0.1) is 0 Å². The van der Waals surface area contributed by atoms with Gasteiger partial charge in [-0.25, -0.2) is 0 Å². The number of ether oxygens (including phenoxy) is 1. The minimum atomic E-state index is 0.547. The Labute approximate surface area is 111 Å². The molecule has 0 amide bonds. The zero-order valence-electron chi connectivity index (χ0n) is 9.92. The first-order chi connectivity index (χ1) is 8.34. The normalized spacial score (nSPS) is 24.9. The van der Waals surface area contributed by atoms with Crippen molar-refractivity contribution < 1.29 is 4.74 Å². The van der Waals surface area contributed by atoms with Gasteiger partial charge < -0.3 is 10.1 Å². The molecule has 17 heavy (non-hydrogen) atoms. The van der Waals surface area contributed by atoms with E-state index in [-0.39, 0.29) is 0 Å². The summed E-state index contributed by atoms with van der Waals surface area (Å²) < 4.78 is 6.67. The summed E-state index contributed by atoms with van der Waals surface area (Å²) in [5, 5.41) is 3.80. The molecular formula is C14H18BrNO. The van der Waals surface area contributed by atoms with Crippen molar-refractivity contribution in [3.8, 4) is 0 Å². The van der Waals surface area contributed by atoms with E-state index >= 15 is 0 Å². The van der Waals surface area contributed by atoms with Crippen molar-refractivity contribution in [3.05, 3.63) is 33.8 Å². The van der Waals surface area contributed by atoms with Crippen LogP contribution in [0.2, 0.25) is 0 Å². The lowest BCUT2D eigenvalue weighted by Crippen LogP contribution is -2.36. The molecule has 3 rings (SSSR count). The van der Waals surface area contributed by atoms with Crippen molar-refractivity contribution in [2.24, 2.45) is 0 Å². The summed E-state index contributed by atoms with van der Waals surface area (Å²) in [5.74, 6) is 0. The summed E-state index contributed by atoms with van der Waals surface area (Å²) in [6.07, 6.45) is 4.73. The molecule has 1 N–H and O–H groups in total. The van der Waals surface area contributed by atoms with Crippen molar-refractivity contribution >= 4 is 15.9 Å². The Kier molecular flexibility index (Phi) is 3.50. The van der Waals surface area contributed by atoms with Crippen molar-refractivity contribution in [2.75, 3.05) is 13.2 Å². The molecule has 1 heterocycles. The highest BCUT2D eigenvalue weighted by molar-refractivity contribution is 9.10. The fourth-order valence-electron chi connectivity index (χ4n) is 2.93. The molecule has 0 bridgehead atoms. The van der Waals surface area contributed by atoms with Gasteiger partial charge in [0.2, 0.25) is 0 Å². The zero-order valence-corrected chi connectivity index (χ0v) is 11.5. The number of benzene rings is 1. The van der Waals surface area contributed by atoms with Crippen LogP contribution >= 0.6 is 15.9 Å². The topological polar surface area (TPSA) is 21.3 Å². The second-order valence-electron chi connectivity index (χ2n) is 4.95. The third-order valence-corrected chi connectivity index (χ3v) is 4.61. The Morgan fingerprint density at radius 3 is 2.82 bits per heavy atom. The lowest BCUT2D eigenvalue weighted by atomic mass is 10.0. The van der Waals surface area contributed by atoms with E-state index in [1.165, 1.54) is 28.4 Å². The summed E-state index contributed by atoms with van der Waals surface area (Å²) in [5.41, 5.74) is 2.99. The molecule has 1 fully saturated rings. The minimum absolute atomic E-state index is 0.547. The molecule has 0 radical (unpaired) electrons. The predicted molar refractivity (Wildman–Crippen MR) is 72.2 cm³/mol. The molecule has 1 saturated heterocycles. The number of fused-ring (bicyclic) bond motifs is 1. The molecule has 92 valence electrons. The van der Waals surface area contributed by atoms with Crippen LogP contribution in [0.5, 0.6) is 0 Å². The second-order valence-corrected chi connectivity index (χ2v) is 5.81. The minimum Gasteiger partial charge on any atom is -0.381 e. The molecule has 2 nitrogen and oxygen atoms in total. The first-order valence-corrected chi connectivity index (χ1v) is 7.25. The summed E-state index contributed by atoms with van der Waals surface area (Å²) in [4.78, 5) is 0. The third-order valence-electron chi connectivity index (χ3n) is 3.87. The highest BCUT2D eigenvalue weighted by Gasteiger charge is 2.26. The van der Waals surface area contributed by atoms with Crippen molar-refractivity contribution in [3.63, 3.8) is 0 Å². The van der Waals surface area contributed by atoms with E-state index in [2.05, 4.69) is 39.4 Å². The molecule has 0 aromatic heterocycles. The highest BCUT2D eigenvalue weighted by atomic mass is 79.9. The van der Waals surface area contributed by atoms with Crippen molar-refractivity contribution in [1.82, 2.24) is 5.32 Å². The molecule has 0 spiro atoms. The number of hydrogen-bond donors (Lipinski definition) is 1. The van der Waals surface area contributed by atoms with E-state index in [9.17, 15) is 0 Å². The van der Waals surface area contributed by atoms with Crippen LogP contribution in [0.1, 0.15) is 36.4 Å². The first kappa shape index (κ1) is 11.7. The van der Waals surface area contributed by atoms with Gasteiger partial charge in [-0.3, -0.25) is 0 Å². The molecule has 1 unspecified atom stereocenters. The molecule has 2 aliphatic rings. The predicted octanol–water partition coefficient (Wildman–Crippen LogP) is 3.21. The number of nitrogens with one attached hydrogen (secondary N) is 1. The number of hydrogen-bond acceptors (Lipinski definition) is 2. The number of rotatable bonds is 2. The van der Waals surface area contributed by atoms with Gasteiger partial charge in [0.05, 0.1) is 0 Å². The van der Waals surface area contributed by atoms with E-state index in [1.807, 2.05) is 0 Å². The van der Waals surface area contributed by atoms with Gasteiger partial charge in [-0.1, -0.05) is 28.1 Å². The summed E-state index contributed by atoms with van der Waals surface area (Å²) in [6, 6.07) is 7.75. The number of halogens is 1. The van der Waals surface area contributed by atoms with Crippen molar-refractivity contribution in [2.45, 2.75) is 37.8 Å². The van der Waals surface area contributed by atoms with Crippen LogP contribution in [0.4, 0.5) is 0 Å². The summed E-state index contributed by atoms with van der Waals surface area (Å²) in [7, 11) is 0. The van der Waals surface area contributed by atoms with E-state index < -0.39 is 0 Å². The quantitative estimate of drug-likeness (QED) is 0.905. The molecule has 3 heteroatoms. The van der Waals surface area contributed by atoms with Crippen LogP contribution in [-0.2, 0) is 11.2 Å². The Hall–Kier alpha value is -0.380. The van der Waals surface area contributed by atoms with Gasteiger partial charge in [-0.05, 0) is 42.9 Å². The highest BCUT2D eigenvalue weighted by Crippen LogP contribution is 2.36. The Bertz CT molecular complexity index is 401. The van der Waals surface area contributed by atoms with Gasteiger partial charge in [0.25, 0.3) is 0 Å². The van der Waals surface area contributed by atoms with Crippen LogP contribution in [0.15, 0.2) is 22.7 Å². The summed E-state index contributed by atoms with van der Waals surface area (Å²) >= 11 is 3.65. The maximum absolute atomic E-state index is 5.41. The maximum atomic E-state index is 5.41. The molecule has 1 aliphatic heterocycles. The molecular weight excluding hydrogens is 278 g/mol. The monoisotopic (exact) mass is 295 g/mol. The Balaban J connectivity index is 1.72. The fourth-order valence-corrected chi connectivity index (χ4v) is 3.51. The van der Waals surface area contributed by atoms with Gasteiger partial charge in [-0.15, -0.1) is 0 Å². The van der Waals surface area contributed by atoms with Crippen molar-refractivity contribution in [1.29, 1.82) is 0 Å². The summed E-state index contributed by atoms with van der Waals surface area (Å²) in [6.45, 7) is 1.82. The lowest BCUT2D eigenvalue weighted by Gasteiger charge is -2.27. The Morgan fingerprint density at radius 1 is 1.18 bits per heavy atom. The zero-order chi connectivity index (χ0) is 11.7. The van der Waals surface area contributed by atoms with Crippen LogP contribution < -0.4 is 5.32 Å². The van der Waals surface area contributed by atoms with Gasteiger partial charge in [0.1, 0.15) is 0 Å². The molecule has 1 aromatic rings. The fraction of sp³-hybridized carbons (Fsp3) is 0.571. The molecule has 1 aliphatic carbocycles. The van der Waals surface area contributed by atoms with Crippen LogP contribution in [0.3, 0.4) is 0 Å². The van der Waals surface area contributed by atoms with E-state index in [0.717, 1.165) is 26.1 Å². The van der Waals surface area contributed by atoms with E-state index in [4.69, 9.17) is 4.74 Å². The second kappa shape index (κ2) is 5.09. The lowest BCUT2D eigenvalue weighted by molar-refractivity contribution is 0.0749. The standard InChI is InChI=1S/C14H18BrNO/c15-13-3-1-2-12-11(13)4-5-14(12)16-10-6-8-17-9-7-10/h1-3,10,14,16H,4-9H2. The molecule has 0 saturated carbocycles. The van der Waals surface area contributed by atoms with Gasteiger partial charge >= 0.3 is 0 Å². The first-order valence-electron chi connectivity index (χ1n) is 6.45. The van der Waals surface area contributed by atoms with Gasteiger partial charge in [0, 0.05) is 29.8 Å². The average molecular weight is 296 g/mol. The van der Waals surface area contributed by atoms with Crippen LogP contribution in [-0.4, -0.2) is 19.3 Å². The van der Waals surface area contributed by atoms with E-state index in [1.54, 1.807) is 0 Å². The average Bonchev–Trinajstić information content (AvgIpc) is 2.76.